The molecule has 0 saturated carbocycles. The Kier molecular flexibility index (Phi) is 13.1. The van der Waals surface area contributed by atoms with E-state index in [0.29, 0.717) is 0 Å². The van der Waals surface area contributed by atoms with Crippen molar-refractivity contribution in [3.05, 3.63) is 0 Å². The van der Waals surface area contributed by atoms with Gasteiger partial charge >= 0.3 is 0 Å². The Morgan fingerprint density at radius 2 is 1.17 bits per heavy atom. The summed E-state index contributed by atoms with van der Waals surface area (Å²) in [7, 11) is -2.10. The Bertz CT molecular complexity index is 370. The molecule has 5 nitrogen and oxygen atoms in total. The van der Waals surface area contributed by atoms with Gasteiger partial charge in [-0.25, -0.2) is 4.59 Å². The number of hydrogen-bond acceptors (Lipinski definition) is 3. The lowest BCUT2D eigenvalue weighted by molar-refractivity contribution is -0.919. The molecule has 0 rings (SSSR count). The largest absolute Gasteiger partial charge is 0.285 e. The van der Waals surface area contributed by atoms with Crippen LogP contribution in [0, 0.1) is 0 Å². The molecule has 1 unspecified atom stereocenters. The number of rotatable bonds is 16. The monoisotopic (exact) mass is 351 g/mol. The second-order valence-corrected chi connectivity index (χ2v) is 8.67. The lowest BCUT2D eigenvalue weighted by Gasteiger charge is -2.27. The number of unbranched alkanes of at least 4 members (excludes halogenated alkanes) is 11. The minimum atomic E-state index is -3.91. The van der Waals surface area contributed by atoms with Crippen LogP contribution in [-0.2, 0) is 10.1 Å². The first-order chi connectivity index (χ1) is 10.8. The van der Waals surface area contributed by atoms with E-state index >= 15 is 0 Å². The van der Waals surface area contributed by atoms with Gasteiger partial charge < -0.3 is 0 Å². The van der Waals surface area contributed by atoms with Gasteiger partial charge in [-0.2, -0.15) is 14.3 Å². The molecule has 0 aliphatic carbocycles. The van der Waals surface area contributed by atoms with Crippen LogP contribution < -0.4 is 5.84 Å². The van der Waals surface area contributed by atoms with Crippen molar-refractivity contribution in [2.24, 2.45) is 5.84 Å². The van der Waals surface area contributed by atoms with E-state index in [1.54, 1.807) is 0 Å². The highest BCUT2D eigenvalue weighted by Crippen LogP contribution is 2.12. The van der Waals surface area contributed by atoms with E-state index < -0.39 is 10.1 Å². The van der Waals surface area contributed by atoms with Crippen molar-refractivity contribution in [3.63, 3.8) is 0 Å². The summed E-state index contributed by atoms with van der Waals surface area (Å²) in [6.45, 7) is 3.27. The van der Waals surface area contributed by atoms with E-state index in [9.17, 15) is 8.42 Å². The number of nitrogens with zero attached hydrogens (tertiary/aromatic N) is 1. The zero-order valence-corrected chi connectivity index (χ0v) is 16.1. The Balaban J connectivity index is 3.38. The lowest BCUT2D eigenvalue weighted by atomic mass is 10.1. The Labute approximate surface area is 143 Å². The molecule has 0 radical (unpaired) electrons. The van der Waals surface area contributed by atoms with Crippen molar-refractivity contribution in [1.82, 2.24) is 0 Å². The summed E-state index contributed by atoms with van der Waals surface area (Å²) >= 11 is 0. The number of quaternary nitrogens is 1. The molecule has 0 aliphatic rings. The fourth-order valence-corrected chi connectivity index (χ4v) is 3.40. The van der Waals surface area contributed by atoms with Gasteiger partial charge in [-0.15, -0.1) is 0 Å². The van der Waals surface area contributed by atoms with Gasteiger partial charge in [0.2, 0.25) is 0 Å². The summed E-state index contributed by atoms with van der Waals surface area (Å²) < 4.78 is 30.4. The van der Waals surface area contributed by atoms with E-state index in [1.807, 2.05) is 7.05 Å². The molecule has 23 heavy (non-hydrogen) atoms. The molecule has 0 saturated heterocycles. The van der Waals surface area contributed by atoms with Gasteiger partial charge in [0.15, 0.2) is 0 Å². The molecule has 3 N–H and O–H groups in total. The highest BCUT2D eigenvalue weighted by molar-refractivity contribution is 7.85. The Hall–Kier alpha value is -0.170. The maximum Gasteiger partial charge on any atom is 0.270 e. The predicted molar refractivity (Wildman–Crippen MR) is 97.6 cm³/mol. The van der Waals surface area contributed by atoms with Crippen molar-refractivity contribution >= 4 is 10.1 Å². The van der Waals surface area contributed by atoms with Crippen LogP contribution in [0.3, 0.4) is 0 Å². The second kappa shape index (κ2) is 13.2. The quantitative estimate of drug-likeness (QED) is 0.145. The van der Waals surface area contributed by atoms with E-state index in [4.69, 9.17) is 10.4 Å². The zero-order chi connectivity index (χ0) is 17.6. The molecule has 0 heterocycles. The number of hydrogen-bond donors (Lipinski definition) is 2. The first kappa shape index (κ1) is 22.8. The van der Waals surface area contributed by atoms with E-state index in [1.165, 1.54) is 64.2 Å². The highest BCUT2D eigenvalue weighted by Gasteiger charge is 2.19. The first-order valence-electron chi connectivity index (χ1n) is 9.35. The molecular formula is C17H39N2O3S+. The molecule has 0 bridgehead atoms. The molecule has 0 aromatic carbocycles. The normalized spacial score (nSPS) is 14.8. The second-order valence-electron chi connectivity index (χ2n) is 7.10. The lowest BCUT2D eigenvalue weighted by Crippen LogP contribution is -2.53. The SMILES string of the molecule is CCCCCCCCCCCCCC[N+](C)(N)CCS(=O)(=O)O. The third kappa shape index (κ3) is 18.0. The van der Waals surface area contributed by atoms with E-state index in [-0.39, 0.29) is 16.9 Å². The third-order valence-electron chi connectivity index (χ3n) is 4.38. The molecule has 1 atom stereocenters. The van der Waals surface area contributed by atoms with E-state index in [0.717, 1.165) is 19.4 Å². The average Bonchev–Trinajstić information content (AvgIpc) is 2.46. The van der Waals surface area contributed by atoms with Crippen LogP contribution in [0.25, 0.3) is 0 Å². The summed E-state index contributed by atoms with van der Waals surface area (Å²) in [5, 5.41) is 0. The maximum atomic E-state index is 10.7. The van der Waals surface area contributed by atoms with Crippen LogP contribution in [0.2, 0.25) is 0 Å². The van der Waals surface area contributed by atoms with Gasteiger partial charge in [0.1, 0.15) is 12.3 Å². The Morgan fingerprint density at radius 3 is 1.57 bits per heavy atom. The summed E-state index contributed by atoms with van der Waals surface area (Å²) in [5.41, 5.74) is 0. The van der Waals surface area contributed by atoms with Gasteiger partial charge in [-0.1, -0.05) is 71.1 Å². The maximum absolute atomic E-state index is 10.7. The fraction of sp³-hybridized carbons (Fsp3) is 1.00. The van der Waals surface area contributed by atoms with Crippen LogP contribution in [0.1, 0.15) is 84.0 Å². The highest BCUT2D eigenvalue weighted by atomic mass is 32.2. The smallest absolute Gasteiger partial charge is 0.270 e. The minimum absolute atomic E-state index is 0.164. The molecular weight excluding hydrogens is 312 g/mol. The van der Waals surface area contributed by atoms with Crippen molar-refractivity contribution in [2.45, 2.75) is 84.0 Å². The summed E-state index contributed by atoms with van der Waals surface area (Å²) in [5.74, 6) is 5.75. The fourth-order valence-electron chi connectivity index (χ4n) is 2.75. The molecule has 0 aromatic rings. The van der Waals surface area contributed by atoms with Gasteiger partial charge in [0.25, 0.3) is 10.1 Å². The topological polar surface area (TPSA) is 80.4 Å². The first-order valence-corrected chi connectivity index (χ1v) is 11.0. The van der Waals surface area contributed by atoms with Crippen LogP contribution >= 0.6 is 0 Å². The molecule has 140 valence electrons. The van der Waals surface area contributed by atoms with Crippen LogP contribution in [0.5, 0.6) is 0 Å². The van der Waals surface area contributed by atoms with Crippen molar-refractivity contribution in [1.29, 1.82) is 0 Å². The van der Waals surface area contributed by atoms with Crippen molar-refractivity contribution in [3.8, 4) is 0 Å². The molecule has 0 aromatic heterocycles. The van der Waals surface area contributed by atoms with E-state index in [2.05, 4.69) is 6.92 Å². The van der Waals surface area contributed by atoms with Crippen molar-refractivity contribution < 1.29 is 17.6 Å². The summed E-state index contributed by atoms with van der Waals surface area (Å²) in [4.78, 5) is 0. The third-order valence-corrected chi connectivity index (χ3v) is 5.08. The molecule has 6 heteroatoms. The number of nitrogens with two attached hydrogens (primary N) is 1. The van der Waals surface area contributed by atoms with Crippen LogP contribution in [0.4, 0.5) is 0 Å². The summed E-state index contributed by atoms with van der Waals surface area (Å²) in [6, 6.07) is 0. The molecule has 0 fully saturated rings. The van der Waals surface area contributed by atoms with Crippen LogP contribution in [-0.4, -0.2) is 43.5 Å². The van der Waals surface area contributed by atoms with Gasteiger partial charge in [0.05, 0.1) is 13.6 Å². The summed E-state index contributed by atoms with van der Waals surface area (Å²) in [6.07, 6.45) is 15.6. The predicted octanol–water partition coefficient (Wildman–Crippen LogP) is 3.90. The Morgan fingerprint density at radius 1 is 0.783 bits per heavy atom. The zero-order valence-electron chi connectivity index (χ0n) is 15.3. The van der Waals surface area contributed by atoms with Crippen molar-refractivity contribution in [2.75, 3.05) is 25.9 Å². The average molecular weight is 352 g/mol. The van der Waals surface area contributed by atoms with Gasteiger partial charge in [-0.3, -0.25) is 4.55 Å². The standard InChI is InChI=1S/C17H38N2O3S/c1-3-4-5-6-7-8-9-10-11-12-13-14-15-19(2,18)16-17-23(20,21)22/h3-18H2,1-2H3/p+1. The van der Waals surface area contributed by atoms with Gasteiger partial charge in [-0.05, 0) is 12.8 Å². The molecule has 0 amide bonds. The minimum Gasteiger partial charge on any atom is -0.285 e. The molecule has 0 spiro atoms. The van der Waals surface area contributed by atoms with Gasteiger partial charge in [0, 0.05) is 0 Å². The molecule has 0 aliphatic heterocycles. The van der Waals surface area contributed by atoms with Crippen LogP contribution in [0.15, 0.2) is 0 Å².